The van der Waals surface area contributed by atoms with E-state index in [1.807, 2.05) is 0 Å². The van der Waals surface area contributed by atoms with Gasteiger partial charge < -0.3 is 0 Å². The lowest BCUT2D eigenvalue weighted by Crippen LogP contribution is -2.13. The van der Waals surface area contributed by atoms with Gasteiger partial charge >= 0.3 is 0 Å². The van der Waals surface area contributed by atoms with Gasteiger partial charge in [-0.15, -0.1) is 0 Å². The molecule has 0 bridgehead atoms. The molecule has 0 N–H and O–H groups in total. The Balaban J connectivity index is 1.37. The minimum absolute atomic E-state index is 0.829. The summed E-state index contributed by atoms with van der Waals surface area (Å²) in [7, 11) is 0. The van der Waals surface area contributed by atoms with Gasteiger partial charge in [-0.2, -0.15) is 0 Å². The first-order chi connectivity index (χ1) is 15.8. The van der Waals surface area contributed by atoms with Gasteiger partial charge in [0.15, 0.2) is 0 Å². The monoisotopic (exact) mass is 431 g/mol. The van der Waals surface area contributed by atoms with Crippen LogP contribution in [0.2, 0.25) is 0 Å². The maximum atomic E-state index is 4.70. The summed E-state index contributed by atoms with van der Waals surface area (Å²) >= 11 is 0. The van der Waals surface area contributed by atoms with Crippen molar-refractivity contribution < 1.29 is 0 Å². The highest BCUT2D eigenvalue weighted by Gasteiger charge is 2.18. The van der Waals surface area contributed by atoms with Crippen LogP contribution in [-0.4, -0.2) is 4.98 Å². The van der Waals surface area contributed by atoms with Gasteiger partial charge in [-0.25, -0.2) is 0 Å². The molecule has 2 aromatic rings. The first kappa shape index (κ1) is 24.7. The zero-order valence-electron chi connectivity index (χ0n) is 20.7. The largest absolute Gasteiger partial charge is 0.256 e. The third-order valence-corrected chi connectivity index (χ3v) is 7.26. The van der Waals surface area contributed by atoms with E-state index < -0.39 is 0 Å². The second-order valence-corrected chi connectivity index (χ2v) is 9.95. The third-order valence-electron chi connectivity index (χ3n) is 7.26. The molecule has 174 valence electrons. The molecule has 1 nitrogen and oxygen atoms in total. The van der Waals surface area contributed by atoms with Gasteiger partial charge in [0.05, 0.1) is 5.69 Å². The van der Waals surface area contributed by atoms with Crippen LogP contribution in [0.4, 0.5) is 0 Å². The van der Waals surface area contributed by atoms with E-state index in [0.717, 1.165) is 36.8 Å². The van der Waals surface area contributed by atoms with Crippen LogP contribution in [0.5, 0.6) is 0 Å². The number of rotatable bonds is 13. The van der Waals surface area contributed by atoms with Crippen molar-refractivity contribution in [3.63, 3.8) is 0 Å². The summed E-state index contributed by atoms with van der Waals surface area (Å²) in [5, 5.41) is 0. The Morgan fingerprint density at radius 2 is 1.50 bits per heavy atom. The Morgan fingerprint density at radius 3 is 2.19 bits per heavy atom. The normalized spacial score (nSPS) is 18.9. The summed E-state index contributed by atoms with van der Waals surface area (Å²) in [6.45, 7) is 4.56. The maximum absolute atomic E-state index is 4.70. The summed E-state index contributed by atoms with van der Waals surface area (Å²) in [5.41, 5.74) is 5.09. The fourth-order valence-corrected chi connectivity index (χ4v) is 5.06. The van der Waals surface area contributed by atoms with Crippen LogP contribution < -0.4 is 0 Å². The number of unbranched alkanes of at least 4 members (excludes halogenated alkanes) is 4. The molecule has 0 aliphatic heterocycles. The topological polar surface area (TPSA) is 12.9 Å². The minimum Gasteiger partial charge on any atom is -0.256 e. The lowest BCUT2D eigenvalue weighted by atomic mass is 9.79. The number of allylic oxidation sites excluding steroid dienone is 2. The Morgan fingerprint density at radius 1 is 0.781 bits per heavy atom. The minimum atomic E-state index is 0.829. The zero-order valence-corrected chi connectivity index (χ0v) is 20.7. The number of aromatic nitrogens is 1. The van der Waals surface area contributed by atoms with Gasteiger partial charge in [0.1, 0.15) is 0 Å². The highest BCUT2D eigenvalue weighted by Crippen LogP contribution is 2.32. The van der Waals surface area contributed by atoms with Crippen molar-refractivity contribution in [3.05, 3.63) is 65.9 Å². The van der Waals surface area contributed by atoms with Crippen molar-refractivity contribution in [1.82, 2.24) is 4.98 Å². The molecule has 1 saturated carbocycles. The second-order valence-electron chi connectivity index (χ2n) is 9.95. The Hall–Kier alpha value is -1.89. The second kappa shape index (κ2) is 14.3. The Labute approximate surface area is 197 Å². The molecule has 0 saturated heterocycles. The first-order valence-electron chi connectivity index (χ1n) is 13.5. The van der Waals surface area contributed by atoms with Gasteiger partial charge in [-0.3, -0.25) is 4.98 Å². The van der Waals surface area contributed by atoms with Crippen molar-refractivity contribution in [2.45, 2.75) is 104 Å². The summed E-state index contributed by atoms with van der Waals surface area (Å²) in [5.74, 6) is 1.84. The van der Waals surface area contributed by atoms with Gasteiger partial charge in [0, 0.05) is 11.8 Å². The van der Waals surface area contributed by atoms with E-state index in [-0.39, 0.29) is 0 Å². The molecular formula is C31H45N. The highest BCUT2D eigenvalue weighted by molar-refractivity contribution is 5.59. The molecule has 1 aliphatic carbocycles. The molecule has 3 rings (SSSR count). The van der Waals surface area contributed by atoms with E-state index in [1.165, 1.54) is 87.3 Å². The highest BCUT2D eigenvalue weighted by atomic mass is 14.7. The first-order valence-corrected chi connectivity index (χ1v) is 13.5. The number of hydrogen-bond acceptors (Lipinski definition) is 1. The van der Waals surface area contributed by atoms with Crippen LogP contribution in [0.15, 0.2) is 54.7 Å². The van der Waals surface area contributed by atoms with E-state index in [9.17, 15) is 0 Å². The molecule has 1 heteroatoms. The summed E-state index contributed by atoms with van der Waals surface area (Å²) in [6, 6.07) is 13.5. The number of aryl methyl sites for hydroxylation is 2. The third kappa shape index (κ3) is 8.57. The average molecular weight is 432 g/mol. The number of benzene rings is 1. The van der Waals surface area contributed by atoms with Gasteiger partial charge in [0.25, 0.3) is 0 Å². The van der Waals surface area contributed by atoms with E-state index >= 15 is 0 Å². The quantitative estimate of drug-likeness (QED) is 0.227. The van der Waals surface area contributed by atoms with Crippen LogP contribution in [-0.2, 0) is 12.8 Å². The molecule has 0 atom stereocenters. The Bertz CT molecular complexity index is 763. The number of nitrogens with zero attached hydrogens (tertiary/aromatic N) is 1. The van der Waals surface area contributed by atoms with Gasteiger partial charge in [-0.1, -0.05) is 94.9 Å². The zero-order chi connectivity index (χ0) is 22.4. The molecule has 1 fully saturated rings. The Kier molecular flexibility index (Phi) is 11.1. The SMILES string of the molecule is CCCCCc1ccc(-c2ccc(CC/C=C/[C@H]3CC[C@H](CCCCC)CC3)cc2)nc1. The smallest absolute Gasteiger partial charge is 0.0702 e. The van der Waals surface area contributed by atoms with E-state index in [0.29, 0.717) is 0 Å². The molecule has 1 aromatic carbocycles. The lowest BCUT2D eigenvalue weighted by Gasteiger charge is -2.26. The number of hydrogen-bond donors (Lipinski definition) is 0. The summed E-state index contributed by atoms with van der Waals surface area (Å²) in [4.78, 5) is 4.70. The predicted molar refractivity (Wildman–Crippen MR) is 140 cm³/mol. The molecule has 0 radical (unpaired) electrons. The van der Waals surface area contributed by atoms with Gasteiger partial charge in [0.2, 0.25) is 0 Å². The molecule has 0 amide bonds. The van der Waals surface area contributed by atoms with Crippen LogP contribution >= 0.6 is 0 Å². The summed E-state index contributed by atoms with van der Waals surface area (Å²) in [6.07, 6.45) is 25.7. The van der Waals surface area contributed by atoms with Gasteiger partial charge in [-0.05, 0) is 80.4 Å². The van der Waals surface area contributed by atoms with Crippen molar-refractivity contribution in [2.75, 3.05) is 0 Å². The fourth-order valence-electron chi connectivity index (χ4n) is 5.06. The van der Waals surface area contributed by atoms with E-state index in [4.69, 9.17) is 4.98 Å². The molecule has 1 aromatic heterocycles. The predicted octanol–water partition coefficient (Wildman–Crippen LogP) is 9.36. The van der Waals surface area contributed by atoms with Crippen LogP contribution in [0.3, 0.4) is 0 Å². The average Bonchev–Trinajstić information content (AvgIpc) is 2.84. The van der Waals surface area contributed by atoms with E-state index in [2.05, 4.69) is 68.6 Å². The molecule has 1 aliphatic rings. The molecule has 32 heavy (non-hydrogen) atoms. The standard InChI is InChI=1S/C31H45N/c1-3-5-7-11-26-15-17-27(18-16-26)12-9-10-13-28-19-22-30(23-20-28)31-24-21-29(25-32-31)14-8-6-4-2/h9,12,19-27H,3-8,10-11,13-18H2,1-2H3/b12-9+/t26-,27-. The van der Waals surface area contributed by atoms with Crippen molar-refractivity contribution in [1.29, 1.82) is 0 Å². The maximum Gasteiger partial charge on any atom is 0.0702 e. The number of pyridine rings is 1. The summed E-state index contributed by atoms with van der Waals surface area (Å²) < 4.78 is 0. The van der Waals surface area contributed by atoms with Crippen LogP contribution in [0.25, 0.3) is 11.3 Å². The van der Waals surface area contributed by atoms with Crippen molar-refractivity contribution in [3.8, 4) is 11.3 Å². The van der Waals surface area contributed by atoms with Crippen LogP contribution in [0.1, 0.15) is 102 Å². The fraction of sp³-hybridized carbons (Fsp3) is 0.581. The van der Waals surface area contributed by atoms with Crippen molar-refractivity contribution in [2.24, 2.45) is 11.8 Å². The lowest BCUT2D eigenvalue weighted by molar-refractivity contribution is 0.289. The van der Waals surface area contributed by atoms with Crippen molar-refractivity contribution >= 4 is 0 Å². The van der Waals surface area contributed by atoms with E-state index in [1.54, 1.807) is 0 Å². The van der Waals surface area contributed by atoms with Crippen LogP contribution in [0, 0.1) is 11.8 Å². The molecular weight excluding hydrogens is 386 g/mol. The molecule has 0 spiro atoms. The molecule has 0 unspecified atom stereocenters. The molecule has 1 heterocycles.